The zero-order valence-electron chi connectivity index (χ0n) is 18.0. The number of aliphatic hydroxyl groups excluding tert-OH is 1. The van der Waals surface area contributed by atoms with Crippen LogP contribution >= 0.6 is 11.6 Å². The van der Waals surface area contributed by atoms with Gasteiger partial charge in [-0.25, -0.2) is 0 Å². The maximum absolute atomic E-state index is 12.2. The van der Waals surface area contributed by atoms with Crippen LogP contribution in [0.25, 0.3) is 0 Å². The number of rotatable bonds is 12. The first-order valence-electron chi connectivity index (χ1n) is 10.1. The first-order valence-corrected chi connectivity index (χ1v) is 10.5. The van der Waals surface area contributed by atoms with Crippen molar-refractivity contribution in [2.45, 2.75) is 38.6 Å². The summed E-state index contributed by atoms with van der Waals surface area (Å²) < 4.78 is 52.7. The number of alkyl halides is 3. The summed E-state index contributed by atoms with van der Waals surface area (Å²) in [7, 11) is 0. The van der Waals surface area contributed by atoms with Gasteiger partial charge in [0.25, 0.3) is 0 Å². The molecular weight excluding hydrogens is 497 g/mol. The number of nitrogens with zero attached hydrogens (tertiary/aromatic N) is 4. The van der Waals surface area contributed by atoms with Gasteiger partial charge in [0.05, 0.1) is 31.2 Å². The van der Waals surface area contributed by atoms with Gasteiger partial charge in [-0.15, -0.1) is 13.2 Å². The maximum Gasteiger partial charge on any atom is 0.573 e. The molecule has 0 spiro atoms. The van der Waals surface area contributed by atoms with Crippen LogP contribution < -0.4 is 9.47 Å². The lowest BCUT2D eigenvalue weighted by Gasteiger charge is -2.12. The third-order valence-corrected chi connectivity index (χ3v) is 4.82. The molecule has 1 atom stereocenters. The highest BCUT2D eigenvalue weighted by Gasteiger charge is 2.30. The first-order chi connectivity index (χ1) is 16.6. The van der Waals surface area contributed by atoms with Crippen LogP contribution in [-0.4, -0.2) is 43.6 Å². The number of nitro groups is 1. The molecule has 3 aromatic rings. The number of aromatic nitrogens is 3. The Hall–Kier alpha value is -3.42. The second-order valence-electron chi connectivity index (χ2n) is 7.24. The molecule has 0 radical (unpaired) electrons. The summed E-state index contributed by atoms with van der Waals surface area (Å²) in [6, 6.07) is 8.68. The van der Waals surface area contributed by atoms with Crippen molar-refractivity contribution in [1.82, 2.24) is 14.5 Å². The standard InChI is InChI=1S/C21H20ClF3N4O6/c22-20-27-19(29(31)32)10-28(20)8-7-16(30)13-34-18-6-3-15(26-9-18)12-33-11-14-1-4-17(5-2-14)35-21(23,24)25/h1-6,9-10,16,30H,7-8,11-13H2. The molecule has 3 rings (SSSR count). The molecule has 0 amide bonds. The number of aliphatic hydroxyl groups is 1. The first kappa shape index (κ1) is 26.2. The minimum atomic E-state index is -4.74. The number of halogens is 4. The molecular formula is C21H20ClF3N4O6. The van der Waals surface area contributed by atoms with Crippen molar-refractivity contribution in [3.63, 3.8) is 0 Å². The number of imidazole rings is 1. The molecule has 0 aliphatic rings. The van der Waals surface area contributed by atoms with Crippen molar-refractivity contribution >= 4 is 17.4 Å². The molecule has 0 fully saturated rings. The van der Waals surface area contributed by atoms with E-state index in [4.69, 9.17) is 21.1 Å². The molecule has 10 nitrogen and oxygen atoms in total. The minimum Gasteiger partial charge on any atom is -0.489 e. The van der Waals surface area contributed by atoms with Crippen LogP contribution in [-0.2, 0) is 24.5 Å². The van der Waals surface area contributed by atoms with E-state index >= 15 is 0 Å². The van der Waals surface area contributed by atoms with Crippen molar-refractivity contribution in [3.05, 3.63) is 75.4 Å². The fourth-order valence-corrected chi connectivity index (χ4v) is 3.05. The lowest BCUT2D eigenvalue weighted by atomic mass is 10.2. The Kier molecular flexibility index (Phi) is 8.84. The molecule has 0 saturated heterocycles. The predicted molar refractivity (Wildman–Crippen MR) is 116 cm³/mol. The van der Waals surface area contributed by atoms with Crippen molar-refractivity contribution in [1.29, 1.82) is 0 Å². The summed E-state index contributed by atoms with van der Waals surface area (Å²) in [5.74, 6) is -0.258. The number of pyridine rings is 1. The number of hydrogen-bond acceptors (Lipinski definition) is 8. The van der Waals surface area contributed by atoms with Crippen molar-refractivity contribution in [2.75, 3.05) is 6.61 Å². The number of hydrogen-bond donors (Lipinski definition) is 1. The minimum absolute atomic E-state index is 0.0278. The second kappa shape index (κ2) is 11.8. The van der Waals surface area contributed by atoms with Crippen molar-refractivity contribution in [3.8, 4) is 11.5 Å². The highest BCUT2D eigenvalue weighted by molar-refractivity contribution is 6.28. The molecule has 0 saturated carbocycles. The topological polar surface area (TPSA) is 122 Å². The quantitative estimate of drug-likeness (QED) is 0.279. The summed E-state index contributed by atoms with van der Waals surface area (Å²) >= 11 is 5.83. The molecule has 1 N–H and O–H groups in total. The highest BCUT2D eigenvalue weighted by atomic mass is 35.5. The SMILES string of the molecule is O=[N+]([O-])c1cn(CCC(O)COc2ccc(COCc3ccc(OC(F)(F)F)cc3)nc2)c(Cl)n1. The molecule has 2 aromatic heterocycles. The van der Waals surface area contributed by atoms with Gasteiger partial charge in [0.15, 0.2) is 0 Å². The summed E-state index contributed by atoms with van der Waals surface area (Å²) in [4.78, 5) is 17.9. The Morgan fingerprint density at radius 2 is 1.86 bits per heavy atom. The van der Waals surface area contributed by atoms with Crippen molar-refractivity contribution < 1.29 is 37.4 Å². The van der Waals surface area contributed by atoms with Gasteiger partial charge < -0.3 is 29.4 Å². The van der Waals surface area contributed by atoms with Gasteiger partial charge in [0.2, 0.25) is 0 Å². The van der Waals surface area contributed by atoms with Gasteiger partial charge >= 0.3 is 17.5 Å². The summed E-state index contributed by atoms with van der Waals surface area (Å²) in [5, 5.41) is 20.8. The van der Waals surface area contributed by atoms with E-state index < -0.39 is 17.4 Å². The monoisotopic (exact) mass is 516 g/mol. The zero-order valence-corrected chi connectivity index (χ0v) is 18.8. The Morgan fingerprint density at radius 3 is 2.46 bits per heavy atom. The molecule has 0 bridgehead atoms. The number of benzene rings is 1. The Labute approximate surface area is 202 Å². The third-order valence-electron chi connectivity index (χ3n) is 4.52. The molecule has 0 aliphatic carbocycles. The zero-order chi connectivity index (χ0) is 25.4. The van der Waals surface area contributed by atoms with Gasteiger partial charge in [-0.05, 0) is 57.8 Å². The van der Waals surface area contributed by atoms with Crippen LogP contribution in [0.5, 0.6) is 11.5 Å². The van der Waals surface area contributed by atoms with Gasteiger partial charge in [-0.2, -0.15) is 0 Å². The van der Waals surface area contributed by atoms with E-state index in [9.17, 15) is 28.4 Å². The Bertz CT molecular complexity index is 1110. The largest absolute Gasteiger partial charge is 0.573 e. The van der Waals surface area contributed by atoms with Crippen LogP contribution in [0.1, 0.15) is 17.7 Å². The predicted octanol–water partition coefficient (Wildman–Crippen LogP) is 4.29. The van der Waals surface area contributed by atoms with E-state index in [0.29, 0.717) is 17.0 Å². The van der Waals surface area contributed by atoms with Gasteiger partial charge in [-0.1, -0.05) is 12.1 Å². The smallest absolute Gasteiger partial charge is 0.489 e. The molecule has 188 valence electrons. The van der Waals surface area contributed by atoms with E-state index in [-0.39, 0.29) is 49.6 Å². The Balaban J connectivity index is 1.37. The van der Waals surface area contributed by atoms with E-state index in [2.05, 4.69) is 14.7 Å². The summed E-state index contributed by atoms with van der Waals surface area (Å²) in [6.45, 7) is 0.529. The maximum atomic E-state index is 12.2. The Morgan fingerprint density at radius 1 is 1.14 bits per heavy atom. The van der Waals surface area contributed by atoms with Crippen LogP contribution in [0.15, 0.2) is 48.8 Å². The van der Waals surface area contributed by atoms with E-state index in [0.717, 1.165) is 0 Å². The van der Waals surface area contributed by atoms with E-state index in [1.165, 1.54) is 41.2 Å². The number of aryl methyl sites for hydroxylation is 1. The molecule has 2 heterocycles. The summed E-state index contributed by atoms with van der Waals surface area (Å²) in [6.07, 6.45) is -2.71. The van der Waals surface area contributed by atoms with E-state index in [1.54, 1.807) is 12.1 Å². The molecule has 35 heavy (non-hydrogen) atoms. The van der Waals surface area contributed by atoms with Crippen LogP contribution in [0.3, 0.4) is 0 Å². The fourth-order valence-electron chi connectivity index (χ4n) is 2.83. The third kappa shape index (κ3) is 8.70. The lowest BCUT2D eigenvalue weighted by molar-refractivity contribution is -0.389. The average molecular weight is 517 g/mol. The van der Waals surface area contributed by atoms with Gasteiger partial charge in [-0.3, -0.25) is 9.55 Å². The molecule has 1 aromatic carbocycles. The second-order valence-corrected chi connectivity index (χ2v) is 7.58. The van der Waals surface area contributed by atoms with Gasteiger partial charge in [0, 0.05) is 6.54 Å². The molecule has 0 aliphatic heterocycles. The molecule has 1 unspecified atom stereocenters. The van der Waals surface area contributed by atoms with Crippen LogP contribution in [0.2, 0.25) is 5.28 Å². The molecule has 14 heteroatoms. The average Bonchev–Trinajstić information content (AvgIpc) is 3.18. The normalized spacial score (nSPS) is 12.4. The van der Waals surface area contributed by atoms with Crippen LogP contribution in [0, 0.1) is 10.1 Å². The van der Waals surface area contributed by atoms with Crippen molar-refractivity contribution in [2.24, 2.45) is 0 Å². The number of ether oxygens (including phenoxy) is 3. The van der Waals surface area contributed by atoms with E-state index in [1.807, 2.05) is 0 Å². The summed E-state index contributed by atoms with van der Waals surface area (Å²) in [5.41, 5.74) is 1.27. The van der Waals surface area contributed by atoms with Gasteiger partial charge in [0.1, 0.15) is 24.3 Å². The van der Waals surface area contributed by atoms with Crippen LogP contribution in [0.4, 0.5) is 19.0 Å². The highest BCUT2D eigenvalue weighted by Crippen LogP contribution is 2.23. The lowest BCUT2D eigenvalue weighted by Crippen LogP contribution is -2.19. The fraction of sp³-hybridized carbons (Fsp3) is 0.333.